The molecule has 0 saturated heterocycles. The summed E-state index contributed by atoms with van der Waals surface area (Å²) >= 11 is 1.85. The number of thiophene rings is 1. The third-order valence-electron chi connectivity index (χ3n) is 4.99. The Bertz CT molecular complexity index is 1030. The van der Waals surface area contributed by atoms with Gasteiger partial charge in [-0.2, -0.15) is 5.10 Å². The minimum atomic E-state index is 0.580. The Morgan fingerprint density at radius 3 is 2.57 bits per heavy atom. The van der Waals surface area contributed by atoms with E-state index in [1.54, 1.807) is 6.92 Å². The minimum Gasteiger partial charge on any atom is -0.489 e. The fourth-order valence-corrected chi connectivity index (χ4v) is 4.28. The van der Waals surface area contributed by atoms with Crippen LogP contribution in [-0.4, -0.2) is 5.84 Å². The second-order valence-electron chi connectivity index (χ2n) is 7.24. The monoisotopic (exact) mass is 420 g/mol. The molecule has 2 aromatic carbocycles. The molecule has 156 valence electrons. The van der Waals surface area contributed by atoms with Crippen LogP contribution in [0.4, 0.5) is 0 Å². The molecule has 0 atom stereocenters. The number of aryl methyl sites for hydroxylation is 1. The lowest BCUT2D eigenvalue weighted by Gasteiger charge is -2.09. The van der Waals surface area contributed by atoms with Crippen LogP contribution in [0, 0.1) is 12.3 Å². The molecule has 0 aliphatic heterocycles. The van der Waals surface area contributed by atoms with Crippen molar-refractivity contribution in [3.63, 3.8) is 0 Å². The Morgan fingerprint density at radius 2 is 1.93 bits per heavy atom. The first-order chi connectivity index (χ1) is 14.7. The predicted octanol–water partition coefficient (Wildman–Crippen LogP) is 4.67. The lowest BCUT2D eigenvalue weighted by molar-refractivity contribution is 0.306. The van der Waals surface area contributed by atoms with Crippen molar-refractivity contribution in [2.75, 3.05) is 0 Å². The number of nitrogens with one attached hydrogen (secondary N) is 1. The summed E-state index contributed by atoms with van der Waals surface area (Å²) in [5.74, 6) is 15.1. The van der Waals surface area contributed by atoms with Gasteiger partial charge in [0, 0.05) is 11.1 Å². The zero-order valence-electron chi connectivity index (χ0n) is 17.2. The van der Waals surface area contributed by atoms with Gasteiger partial charge < -0.3 is 16.0 Å². The van der Waals surface area contributed by atoms with Crippen LogP contribution < -0.4 is 21.8 Å². The van der Waals surface area contributed by atoms with E-state index in [9.17, 15) is 0 Å². The van der Waals surface area contributed by atoms with E-state index >= 15 is 0 Å². The van der Waals surface area contributed by atoms with E-state index in [2.05, 4.69) is 58.6 Å². The number of nitrogens with zero attached hydrogens (tertiary/aromatic N) is 1. The number of hydrogen-bond donors (Lipinski definition) is 3. The zero-order valence-corrected chi connectivity index (χ0v) is 18.0. The largest absolute Gasteiger partial charge is 0.489 e. The third-order valence-corrected chi connectivity index (χ3v) is 5.97. The number of rotatable bonds is 7. The van der Waals surface area contributed by atoms with Crippen molar-refractivity contribution in [1.82, 2.24) is 5.43 Å². The van der Waals surface area contributed by atoms with Gasteiger partial charge in [-0.3, -0.25) is 0 Å². The Labute approximate surface area is 182 Å². The lowest BCUT2D eigenvalue weighted by Crippen LogP contribution is -2.31. The van der Waals surface area contributed by atoms with Crippen molar-refractivity contribution in [2.45, 2.75) is 45.1 Å². The minimum absolute atomic E-state index is 0.580. The number of ether oxygens (including phenoxy) is 1. The number of nitrogens with two attached hydrogens (primary N) is 2. The zero-order chi connectivity index (χ0) is 21.3. The number of hydrazine groups is 1. The van der Waals surface area contributed by atoms with Crippen molar-refractivity contribution in [3.8, 4) is 18.1 Å². The van der Waals surface area contributed by atoms with Gasteiger partial charge in [0.05, 0.1) is 0 Å². The van der Waals surface area contributed by atoms with Gasteiger partial charge in [-0.05, 0) is 83.8 Å². The van der Waals surface area contributed by atoms with E-state index in [-0.39, 0.29) is 0 Å². The summed E-state index contributed by atoms with van der Waals surface area (Å²) in [5.41, 5.74) is 6.42. The molecule has 0 spiro atoms. The molecule has 1 saturated carbocycles. The van der Waals surface area contributed by atoms with Crippen molar-refractivity contribution in [3.05, 3.63) is 64.5 Å². The van der Waals surface area contributed by atoms with Crippen LogP contribution in [-0.2, 0) is 13.0 Å². The maximum Gasteiger partial charge on any atom is 0.136 e. The third kappa shape index (κ3) is 5.76. The fraction of sp³-hybridized carbons (Fsp3) is 0.292. The topological polar surface area (TPSA) is 85.7 Å². The molecule has 6 heteroatoms. The number of hydrogen-bond acceptors (Lipinski definition) is 5. The van der Waals surface area contributed by atoms with Crippen molar-refractivity contribution >= 4 is 27.3 Å². The van der Waals surface area contributed by atoms with Crippen molar-refractivity contribution in [1.29, 1.82) is 0 Å². The molecule has 5 N–H and O–H groups in total. The van der Waals surface area contributed by atoms with Crippen molar-refractivity contribution in [2.24, 2.45) is 16.8 Å². The van der Waals surface area contributed by atoms with E-state index < -0.39 is 0 Å². The maximum absolute atomic E-state index is 5.98. The molecule has 5 nitrogen and oxygen atoms in total. The molecular weight excluding hydrogens is 392 g/mol. The lowest BCUT2D eigenvalue weighted by atomic mass is 10.1. The Kier molecular flexibility index (Phi) is 7.72. The summed E-state index contributed by atoms with van der Waals surface area (Å²) in [7, 11) is 0. The first-order valence-electron chi connectivity index (χ1n) is 10.0. The highest BCUT2D eigenvalue weighted by atomic mass is 32.1. The number of amidine groups is 1. The van der Waals surface area contributed by atoms with Crippen LogP contribution in [0.5, 0.6) is 5.75 Å². The van der Waals surface area contributed by atoms with Gasteiger partial charge in [0.1, 0.15) is 18.2 Å². The highest BCUT2D eigenvalue weighted by molar-refractivity contribution is 7.17. The van der Waals surface area contributed by atoms with Gasteiger partial charge in [-0.25, -0.2) is 5.84 Å². The van der Waals surface area contributed by atoms with E-state index in [1.165, 1.54) is 39.6 Å². The molecule has 1 fully saturated rings. The molecular formula is C24H28N4OS. The fourth-order valence-electron chi connectivity index (χ4n) is 3.25. The second-order valence-corrected chi connectivity index (χ2v) is 8.15. The first-order valence-corrected chi connectivity index (χ1v) is 10.9. The molecule has 4 rings (SSSR count). The molecule has 0 bridgehead atoms. The van der Waals surface area contributed by atoms with Crippen LogP contribution in [0.3, 0.4) is 0 Å². The Balaban J connectivity index is 0.000000806. The normalized spacial score (nSPS) is 13.3. The average molecular weight is 421 g/mol. The van der Waals surface area contributed by atoms with E-state index in [1.807, 2.05) is 23.5 Å². The molecule has 1 aromatic heterocycles. The highest BCUT2D eigenvalue weighted by Crippen LogP contribution is 2.45. The highest BCUT2D eigenvalue weighted by Gasteiger charge is 2.26. The summed E-state index contributed by atoms with van der Waals surface area (Å²) in [6.07, 6.45) is 8.76. The summed E-state index contributed by atoms with van der Waals surface area (Å²) < 4.78 is 7.36. The van der Waals surface area contributed by atoms with Gasteiger partial charge in [0.15, 0.2) is 0 Å². The van der Waals surface area contributed by atoms with Crippen LogP contribution in [0.2, 0.25) is 0 Å². The van der Waals surface area contributed by atoms with Crippen LogP contribution in [0.1, 0.15) is 48.8 Å². The Hall–Kier alpha value is -3.01. The van der Waals surface area contributed by atoms with Crippen molar-refractivity contribution < 1.29 is 4.74 Å². The van der Waals surface area contributed by atoms with Gasteiger partial charge >= 0.3 is 0 Å². The maximum atomic E-state index is 5.98. The summed E-state index contributed by atoms with van der Waals surface area (Å²) in [6.45, 7) is 2.23. The molecule has 1 aliphatic carbocycles. The number of terminal acetylenes is 1. The Morgan fingerprint density at radius 1 is 1.23 bits per heavy atom. The molecule has 1 aliphatic rings. The molecule has 3 aromatic rings. The van der Waals surface area contributed by atoms with Gasteiger partial charge in [-0.1, -0.05) is 18.2 Å². The van der Waals surface area contributed by atoms with Gasteiger partial charge in [0.2, 0.25) is 0 Å². The van der Waals surface area contributed by atoms with E-state index in [4.69, 9.17) is 16.4 Å². The standard InChI is InChI=1S/C21H24N4OS.C3H4/c22-24-21(25-23)10-4-14-1-7-17(8-2-14)26-12-15-3-9-20-18(11-15)19(13-27-20)16-5-6-16;1-3-2/h1-3,7-9,11,13,16H,4-6,10,12,22-23H2,(H,24,25);1H,2H3. The van der Waals surface area contributed by atoms with Gasteiger partial charge in [0.25, 0.3) is 0 Å². The quantitative estimate of drug-likeness (QED) is 0.171. The van der Waals surface area contributed by atoms with Gasteiger partial charge in [-0.15, -0.1) is 23.7 Å². The van der Waals surface area contributed by atoms with E-state index in [0.29, 0.717) is 18.9 Å². The number of hydrazone groups is 1. The molecule has 0 amide bonds. The average Bonchev–Trinajstić information content (AvgIpc) is 3.53. The second kappa shape index (κ2) is 10.7. The number of fused-ring (bicyclic) bond motifs is 1. The molecule has 30 heavy (non-hydrogen) atoms. The summed E-state index contributed by atoms with van der Waals surface area (Å²) in [6, 6.07) is 14.8. The SMILES string of the molecule is C#CC.N/N=C(/CCc1ccc(OCc2ccc3scc(C4CC4)c3c2)cc1)NN. The molecule has 0 radical (unpaired) electrons. The smallest absolute Gasteiger partial charge is 0.136 e. The first kappa shape index (κ1) is 21.7. The summed E-state index contributed by atoms with van der Waals surface area (Å²) in [4.78, 5) is 0. The predicted molar refractivity (Wildman–Crippen MR) is 126 cm³/mol. The molecule has 0 unspecified atom stereocenters. The van der Waals surface area contributed by atoms with Crippen LogP contribution in [0.25, 0.3) is 10.1 Å². The van der Waals surface area contributed by atoms with Crippen LogP contribution in [0.15, 0.2) is 52.9 Å². The van der Waals surface area contributed by atoms with Crippen LogP contribution >= 0.6 is 11.3 Å². The summed E-state index contributed by atoms with van der Waals surface area (Å²) in [5, 5.41) is 7.33. The molecule has 1 heterocycles. The van der Waals surface area contributed by atoms with E-state index in [0.717, 1.165) is 18.1 Å². The number of benzene rings is 2.